The number of anilines is 1. The second-order valence-electron chi connectivity index (χ2n) is 4.74. The standard InChI is InChI=1S/C14H10ClF2N5O2/c1-22-5-8(10(21-22)12(16)17)19-13(23)9-6-24-14(20-9)7-3-2-4-18-11(7)15/h2-6,12H,1H3,(H,19,23). The van der Waals surface area contributed by atoms with E-state index in [-0.39, 0.29) is 22.4 Å². The molecule has 0 aliphatic heterocycles. The van der Waals surface area contributed by atoms with Gasteiger partial charge in [-0.2, -0.15) is 5.10 Å². The van der Waals surface area contributed by atoms with Crippen LogP contribution in [-0.2, 0) is 7.05 Å². The number of carbonyl (C=O) groups excluding carboxylic acids is 1. The van der Waals surface area contributed by atoms with E-state index in [4.69, 9.17) is 16.0 Å². The molecule has 0 spiro atoms. The summed E-state index contributed by atoms with van der Waals surface area (Å²) < 4.78 is 32.2. The molecule has 7 nitrogen and oxygen atoms in total. The number of pyridine rings is 1. The van der Waals surface area contributed by atoms with E-state index in [9.17, 15) is 13.6 Å². The summed E-state index contributed by atoms with van der Waals surface area (Å²) in [4.78, 5) is 20.0. The lowest BCUT2D eigenvalue weighted by Gasteiger charge is -2.02. The molecule has 1 amide bonds. The number of rotatable bonds is 4. The number of aryl methyl sites for hydroxylation is 1. The van der Waals surface area contributed by atoms with Crippen LogP contribution in [-0.4, -0.2) is 25.7 Å². The molecule has 0 bridgehead atoms. The number of alkyl halides is 2. The molecule has 0 saturated heterocycles. The van der Waals surface area contributed by atoms with E-state index in [2.05, 4.69) is 20.4 Å². The lowest BCUT2D eigenvalue weighted by molar-refractivity contribution is 0.102. The summed E-state index contributed by atoms with van der Waals surface area (Å²) in [6.45, 7) is 0. The molecule has 0 fully saturated rings. The van der Waals surface area contributed by atoms with Crippen LogP contribution < -0.4 is 5.32 Å². The van der Waals surface area contributed by atoms with Crippen LogP contribution in [0.15, 0.2) is 35.2 Å². The third-order valence-electron chi connectivity index (χ3n) is 3.04. The van der Waals surface area contributed by atoms with Gasteiger partial charge in [-0.05, 0) is 12.1 Å². The zero-order chi connectivity index (χ0) is 17.3. The van der Waals surface area contributed by atoms with Gasteiger partial charge in [0.25, 0.3) is 12.3 Å². The smallest absolute Gasteiger partial charge is 0.284 e. The third-order valence-corrected chi connectivity index (χ3v) is 3.34. The van der Waals surface area contributed by atoms with Gasteiger partial charge >= 0.3 is 0 Å². The van der Waals surface area contributed by atoms with Crippen LogP contribution in [0.25, 0.3) is 11.5 Å². The number of aromatic nitrogens is 4. The fourth-order valence-electron chi connectivity index (χ4n) is 2.00. The normalized spacial score (nSPS) is 11.0. The summed E-state index contributed by atoms with van der Waals surface area (Å²) in [5.41, 5.74) is -0.298. The van der Waals surface area contributed by atoms with Crippen molar-refractivity contribution >= 4 is 23.2 Å². The average molecular weight is 354 g/mol. The van der Waals surface area contributed by atoms with Crippen molar-refractivity contribution in [2.24, 2.45) is 7.05 Å². The van der Waals surface area contributed by atoms with E-state index in [1.54, 1.807) is 12.1 Å². The second kappa shape index (κ2) is 6.36. The van der Waals surface area contributed by atoms with E-state index in [0.717, 1.165) is 6.26 Å². The third kappa shape index (κ3) is 3.11. The van der Waals surface area contributed by atoms with Crippen molar-refractivity contribution in [3.8, 4) is 11.5 Å². The van der Waals surface area contributed by atoms with Crippen LogP contribution in [0.4, 0.5) is 14.5 Å². The zero-order valence-corrected chi connectivity index (χ0v) is 13.0. The molecule has 3 aromatic rings. The van der Waals surface area contributed by atoms with Gasteiger partial charge in [0.1, 0.15) is 11.4 Å². The van der Waals surface area contributed by atoms with Crippen LogP contribution in [0, 0.1) is 0 Å². The molecule has 1 N–H and O–H groups in total. The summed E-state index contributed by atoms with van der Waals surface area (Å²) >= 11 is 5.93. The van der Waals surface area contributed by atoms with Crippen molar-refractivity contribution < 1.29 is 18.0 Å². The minimum atomic E-state index is -2.82. The fraction of sp³-hybridized carbons (Fsp3) is 0.143. The van der Waals surface area contributed by atoms with Gasteiger partial charge in [-0.1, -0.05) is 11.6 Å². The Morgan fingerprint density at radius 2 is 2.25 bits per heavy atom. The molecule has 10 heteroatoms. The van der Waals surface area contributed by atoms with Crippen molar-refractivity contribution in [1.29, 1.82) is 0 Å². The Kier molecular flexibility index (Phi) is 4.26. The highest BCUT2D eigenvalue weighted by Gasteiger charge is 2.21. The predicted molar refractivity (Wildman–Crippen MR) is 80.9 cm³/mol. The molecule has 3 aromatic heterocycles. The van der Waals surface area contributed by atoms with Crippen molar-refractivity contribution in [3.63, 3.8) is 0 Å². The van der Waals surface area contributed by atoms with E-state index >= 15 is 0 Å². The van der Waals surface area contributed by atoms with Crippen LogP contribution in [0.3, 0.4) is 0 Å². The number of hydrogen-bond acceptors (Lipinski definition) is 5. The highest BCUT2D eigenvalue weighted by Crippen LogP contribution is 2.27. The Morgan fingerprint density at radius 1 is 1.46 bits per heavy atom. The lowest BCUT2D eigenvalue weighted by atomic mass is 10.3. The van der Waals surface area contributed by atoms with Crippen LogP contribution in [0.1, 0.15) is 22.6 Å². The number of halogens is 3. The van der Waals surface area contributed by atoms with Gasteiger partial charge in [-0.15, -0.1) is 0 Å². The van der Waals surface area contributed by atoms with Crippen molar-refractivity contribution in [3.05, 3.63) is 47.3 Å². The Balaban J connectivity index is 1.84. The molecule has 0 aliphatic carbocycles. The van der Waals surface area contributed by atoms with Gasteiger partial charge in [0.05, 0.1) is 11.3 Å². The van der Waals surface area contributed by atoms with Gasteiger partial charge in [0, 0.05) is 19.4 Å². The van der Waals surface area contributed by atoms with Crippen LogP contribution in [0.5, 0.6) is 0 Å². The van der Waals surface area contributed by atoms with Gasteiger partial charge < -0.3 is 9.73 Å². The first-order valence-electron chi connectivity index (χ1n) is 6.65. The molecule has 0 radical (unpaired) electrons. The maximum atomic E-state index is 12.9. The predicted octanol–water partition coefficient (Wildman–Crippen LogP) is 3.31. The summed E-state index contributed by atoms with van der Waals surface area (Å²) in [6.07, 6.45) is 1.06. The molecular formula is C14H10ClF2N5O2. The lowest BCUT2D eigenvalue weighted by Crippen LogP contribution is -2.13. The average Bonchev–Trinajstić information content (AvgIpc) is 3.14. The van der Waals surface area contributed by atoms with Crippen molar-refractivity contribution in [1.82, 2.24) is 19.7 Å². The Morgan fingerprint density at radius 3 is 2.96 bits per heavy atom. The number of oxazole rings is 1. The molecule has 0 unspecified atom stereocenters. The topological polar surface area (TPSA) is 85.8 Å². The summed E-state index contributed by atoms with van der Waals surface area (Å²) in [7, 11) is 1.47. The number of carbonyl (C=O) groups is 1. The minimum absolute atomic E-state index is 0.0889. The van der Waals surface area contributed by atoms with E-state index in [1.165, 1.54) is 24.1 Å². The van der Waals surface area contributed by atoms with Crippen molar-refractivity contribution in [2.45, 2.75) is 6.43 Å². The van der Waals surface area contributed by atoms with Gasteiger partial charge in [0.15, 0.2) is 11.4 Å². The van der Waals surface area contributed by atoms with E-state index in [0.29, 0.717) is 5.56 Å². The number of amides is 1. The molecule has 3 heterocycles. The van der Waals surface area contributed by atoms with Gasteiger partial charge in [-0.3, -0.25) is 9.48 Å². The molecule has 0 aromatic carbocycles. The fourth-order valence-corrected chi connectivity index (χ4v) is 2.20. The first kappa shape index (κ1) is 16.1. The van der Waals surface area contributed by atoms with E-state index in [1.807, 2.05) is 0 Å². The molecule has 0 atom stereocenters. The minimum Gasteiger partial charge on any atom is -0.444 e. The summed E-state index contributed by atoms with van der Waals surface area (Å²) in [5, 5.41) is 6.10. The van der Waals surface area contributed by atoms with E-state index < -0.39 is 18.0 Å². The Labute approximate surface area is 139 Å². The molecule has 24 heavy (non-hydrogen) atoms. The van der Waals surface area contributed by atoms with Gasteiger partial charge in [0.2, 0.25) is 5.89 Å². The molecular weight excluding hydrogens is 344 g/mol. The summed E-state index contributed by atoms with van der Waals surface area (Å²) in [5.74, 6) is -0.613. The summed E-state index contributed by atoms with van der Waals surface area (Å²) in [6, 6.07) is 3.26. The highest BCUT2D eigenvalue weighted by molar-refractivity contribution is 6.31. The van der Waals surface area contributed by atoms with Crippen molar-refractivity contribution in [2.75, 3.05) is 5.32 Å². The largest absolute Gasteiger partial charge is 0.444 e. The maximum Gasteiger partial charge on any atom is 0.284 e. The Bertz CT molecular complexity index is 893. The quantitative estimate of drug-likeness (QED) is 0.727. The molecule has 0 aliphatic rings. The maximum absolute atomic E-state index is 12.9. The second-order valence-corrected chi connectivity index (χ2v) is 5.09. The van der Waals surface area contributed by atoms with Crippen LogP contribution in [0.2, 0.25) is 5.15 Å². The van der Waals surface area contributed by atoms with Crippen LogP contribution >= 0.6 is 11.6 Å². The first-order chi connectivity index (χ1) is 11.5. The first-order valence-corrected chi connectivity index (χ1v) is 7.03. The number of nitrogens with one attached hydrogen (secondary N) is 1. The number of hydrogen-bond donors (Lipinski definition) is 1. The SMILES string of the molecule is Cn1cc(NC(=O)c2coc(-c3cccnc3Cl)n2)c(C(F)F)n1. The monoisotopic (exact) mass is 353 g/mol. The highest BCUT2D eigenvalue weighted by atomic mass is 35.5. The van der Waals surface area contributed by atoms with Gasteiger partial charge in [-0.25, -0.2) is 18.7 Å². The Hall–Kier alpha value is -2.81. The zero-order valence-electron chi connectivity index (χ0n) is 12.2. The number of nitrogens with zero attached hydrogens (tertiary/aromatic N) is 4. The molecule has 3 rings (SSSR count). The molecule has 0 saturated carbocycles. The molecule has 124 valence electrons.